The Morgan fingerprint density at radius 1 is 1.35 bits per heavy atom. The van der Waals surface area contributed by atoms with Gasteiger partial charge < -0.3 is 10.0 Å². The summed E-state index contributed by atoms with van der Waals surface area (Å²) in [5.41, 5.74) is 3.56. The van der Waals surface area contributed by atoms with E-state index in [0.717, 1.165) is 12.1 Å². The van der Waals surface area contributed by atoms with Gasteiger partial charge in [0.15, 0.2) is 0 Å². The number of aliphatic hydroxyl groups is 1. The zero-order valence-corrected chi connectivity index (χ0v) is 13.3. The molecule has 1 aliphatic heterocycles. The summed E-state index contributed by atoms with van der Waals surface area (Å²) in [5.74, 6) is 0. The van der Waals surface area contributed by atoms with Crippen molar-refractivity contribution in [2.45, 2.75) is 38.8 Å². The van der Waals surface area contributed by atoms with E-state index in [1.54, 1.807) is 0 Å². The Labute approximate surface area is 123 Å². The second-order valence-corrected chi connectivity index (χ2v) is 6.36. The second kappa shape index (κ2) is 6.70. The monoisotopic (exact) mass is 276 g/mol. The zero-order chi connectivity index (χ0) is 14.7. The molecule has 0 aromatic heterocycles. The summed E-state index contributed by atoms with van der Waals surface area (Å²) < 4.78 is 0. The minimum atomic E-state index is -0.397. The molecule has 1 aromatic carbocycles. The van der Waals surface area contributed by atoms with E-state index in [9.17, 15) is 5.11 Å². The molecule has 112 valence electrons. The van der Waals surface area contributed by atoms with Gasteiger partial charge in [-0.15, -0.1) is 0 Å². The van der Waals surface area contributed by atoms with E-state index in [0.29, 0.717) is 12.6 Å². The van der Waals surface area contributed by atoms with Crippen molar-refractivity contribution >= 4 is 0 Å². The van der Waals surface area contributed by atoms with E-state index in [1.165, 1.54) is 30.5 Å². The quantitative estimate of drug-likeness (QED) is 0.914. The van der Waals surface area contributed by atoms with Crippen molar-refractivity contribution in [2.75, 3.05) is 33.7 Å². The van der Waals surface area contributed by atoms with Gasteiger partial charge in [-0.05, 0) is 64.0 Å². The van der Waals surface area contributed by atoms with Crippen LogP contribution >= 0.6 is 0 Å². The largest absolute Gasteiger partial charge is 0.387 e. The highest BCUT2D eigenvalue weighted by Gasteiger charge is 2.23. The fraction of sp³-hybridized carbons (Fsp3) is 0.647. The molecule has 1 N–H and O–H groups in total. The van der Waals surface area contributed by atoms with E-state index in [4.69, 9.17) is 0 Å². The number of aliphatic hydroxyl groups excluding tert-OH is 1. The molecule has 1 heterocycles. The van der Waals surface area contributed by atoms with Crippen molar-refractivity contribution in [3.8, 4) is 0 Å². The molecule has 3 heteroatoms. The third-order valence-electron chi connectivity index (χ3n) is 4.60. The van der Waals surface area contributed by atoms with Crippen LogP contribution in [0.2, 0.25) is 0 Å². The highest BCUT2D eigenvalue weighted by Crippen LogP contribution is 2.20. The number of piperidine rings is 1. The van der Waals surface area contributed by atoms with Crippen LogP contribution < -0.4 is 0 Å². The maximum Gasteiger partial charge on any atom is 0.0917 e. The summed E-state index contributed by atoms with van der Waals surface area (Å²) in [6.07, 6.45) is 2.10. The first-order valence-corrected chi connectivity index (χ1v) is 7.61. The van der Waals surface area contributed by atoms with Crippen LogP contribution in [-0.4, -0.2) is 54.7 Å². The Balaban J connectivity index is 1.95. The van der Waals surface area contributed by atoms with Crippen LogP contribution in [0.3, 0.4) is 0 Å². The molecule has 0 bridgehead atoms. The lowest BCUT2D eigenvalue weighted by Crippen LogP contribution is -2.46. The van der Waals surface area contributed by atoms with Crippen LogP contribution in [0.15, 0.2) is 18.2 Å². The first kappa shape index (κ1) is 15.5. The Morgan fingerprint density at radius 2 is 2.10 bits per heavy atom. The molecule has 0 saturated carbocycles. The second-order valence-electron chi connectivity index (χ2n) is 6.36. The minimum absolute atomic E-state index is 0.397. The number of rotatable bonds is 4. The van der Waals surface area contributed by atoms with Gasteiger partial charge in [0.25, 0.3) is 0 Å². The first-order chi connectivity index (χ1) is 9.47. The average Bonchev–Trinajstić information content (AvgIpc) is 2.41. The molecular formula is C17H28N2O. The van der Waals surface area contributed by atoms with Crippen LogP contribution in [-0.2, 0) is 0 Å². The molecule has 2 unspecified atom stereocenters. The van der Waals surface area contributed by atoms with Gasteiger partial charge in [0.1, 0.15) is 0 Å². The molecular weight excluding hydrogens is 248 g/mol. The molecule has 2 atom stereocenters. The number of aryl methyl sites for hydroxylation is 2. The lowest BCUT2D eigenvalue weighted by molar-refractivity contribution is 0.0742. The van der Waals surface area contributed by atoms with E-state index < -0.39 is 6.10 Å². The summed E-state index contributed by atoms with van der Waals surface area (Å²) in [5, 5.41) is 10.4. The number of likely N-dealkylation sites (tertiary alicyclic amines) is 1. The molecule has 1 fully saturated rings. The maximum atomic E-state index is 10.4. The van der Waals surface area contributed by atoms with Gasteiger partial charge in [-0.1, -0.05) is 18.2 Å². The van der Waals surface area contributed by atoms with E-state index in [2.05, 4.69) is 49.9 Å². The zero-order valence-electron chi connectivity index (χ0n) is 13.3. The fourth-order valence-corrected chi connectivity index (χ4v) is 3.00. The SMILES string of the molecule is Cc1ccc(C(O)CN(C)C2CCCN(C)C2)cc1C. The Kier molecular flexibility index (Phi) is 5.19. The standard InChI is InChI=1S/C17H28N2O/c1-13-7-8-15(10-14(13)2)17(20)12-19(4)16-6-5-9-18(3)11-16/h7-8,10,16-17,20H,5-6,9,11-12H2,1-4H3. The van der Waals surface area contributed by atoms with Gasteiger partial charge in [-0.2, -0.15) is 0 Å². The first-order valence-electron chi connectivity index (χ1n) is 7.61. The number of hydrogen-bond acceptors (Lipinski definition) is 3. The summed E-state index contributed by atoms with van der Waals surface area (Å²) >= 11 is 0. The predicted molar refractivity (Wildman–Crippen MR) is 84.0 cm³/mol. The van der Waals surface area contributed by atoms with Gasteiger partial charge >= 0.3 is 0 Å². The summed E-state index contributed by atoms with van der Waals surface area (Å²) in [7, 11) is 4.31. The fourth-order valence-electron chi connectivity index (χ4n) is 3.00. The Bertz CT molecular complexity index is 447. The van der Waals surface area contributed by atoms with E-state index in [-0.39, 0.29) is 0 Å². The van der Waals surface area contributed by atoms with Gasteiger partial charge in [-0.3, -0.25) is 4.90 Å². The van der Waals surface area contributed by atoms with Crippen LogP contribution in [0.25, 0.3) is 0 Å². The van der Waals surface area contributed by atoms with E-state index >= 15 is 0 Å². The molecule has 3 nitrogen and oxygen atoms in total. The van der Waals surface area contributed by atoms with E-state index in [1.807, 2.05) is 6.07 Å². The van der Waals surface area contributed by atoms with Crippen LogP contribution in [0.1, 0.15) is 35.6 Å². The van der Waals surface area contributed by atoms with Crippen molar-refractivity contribution < 1.29 is 5.11 Å². The van der Waals surface area contributed by atoms with Gasteiger partial charge in [0.2, 0.25) is 0 Å². The summed E-state index contributed by atoms with van der Waals surface area (Å²) in [4.78, 5) is 4.70. The van der Waals surface area contributed by atoms with Crippen LogP contribution in [0.4, 0.5) is 0 Å². The lowest BCUT2D eigenvalue weighted by Gasteiger charge is -2.36. The van der Waals surface area contributed by atoms with Crippen molar-refractivity contribution in [1.82, 2.24) is 9.80 Å². The molecule has 1 aromatic rings. The third kappa shape index (κ3) is 3.81. The smallest absolute Gasteiger partial charge is 0.0917 e. The number of hydrogen-bond donors (Lipinski definition) is 1. The molecule has 20 heavy (non-hydrogen) atoms. The Morgan fingerprint density at radius 3 is 2.75 bits per heavy atom. The van der Waals surface area contributed by atoms with Crippen LogP contribution in [0.5, 0.6) is 0 Å². The minimum Gasteiger partial charge on any atom is -0.387 e. The molecule has 0 radical (unpaired) electrons. The maximum absolute atomic E-state index is 10.4. The van der Waals surface area contributed by atoms with Crippen molar-refractivity contribution in [3.63, 3.8) is 0 Å². The molecule has 0 spiro atoms. The van der Waals surface area contributed by atoms with Crippen molar-refractivity contribution in [1.29, 1.82) is 0 Å². The molecule has 1 aliphatic rings. The topological polar surface area (TPSA) is 26.7 Å². The highest BCUT2D eigenvalue weighted by molar-refractivity contribution is 5.31. The predicted octanol–water partition coefficient (Wildman–Crippen LogP) is 2.36. The number of benzene rings is 1. The summed E-state index contributed by atoms with van der Waals surface area (Å²) in [6.45, 7) is 7.22. The number of nitrogens with zero attached hydrogens (tertiary/aromatic N) is 2. The molecule has 0 amide bonds. The third-order valence-corrected chi connectivity index (χ3v) is 4.60. The Hall–Kier alpha value is -0.900. The van der Waals surface area contributed by atoms with Crippen molar-refractivity contribution in [3.05, 3.63) is 34.9 Å². The molecule has 0 aliphatic carbocycles. The summed E-state index contributed by atoms with van der Waals surface area (Å²) in [6, 6.07) is 6.83. The normalized spacial score (nSPS) is 22.2. The van der Waals surface area contributed by atoms with Crippen LogP contribution in [0, 0.1) is 13.8 Å². The molecule has 1 saturated heterocycles. The van der Waals surface area contributed by atoms with Gasteiger partial charge in [0, 0.05) is 19.1 Å². The molecule has 2 rings (SSSR count). The average molecular weight is 276 g/mol. The van der Waals surface area contributed by atoms with Gasteiger partial charge in [-0.25, -0.2) is 0 Å². The number of likely N-dealkylation sites (N-methyl/N-ethyl adjacent to an activating group) is 2. The highest BCUT2D eigenvalue weighted by atomic mass is 16.3. The van der Waals surface area contributed by atoms with Gasteiger partial charge in [0.05, 0.1) is 6.10 Å². The lowest BCUT2D eigenvalue weighted by atomic mass is 10.0. The van der Waals surface area contributed by atoms with Crippen molar-refractivity contribution in [2.24, 2.45) is 0 Å².